The molecule has 0 spiro atoms. The van der Waals surface area contributed by atoms with Crippen LogP contribution in [-0.2, 0) is 6.42 Å². The van der Waals surface area contributed by atoms with E-state index in [1.54, 1.807) is 13.4 Å². The molecular formula is C13H19N5O. The molecule has 2 N–H and O–H groups in total. The van der Waals surface area contributed by atoms with E-state index in [2.05, 4.69) is 25.2 Å². The van der Waals surface area contributed by atoms with Crippen LogP contribution in [0.4, 0.5) is 0 Å². The zero-order chi connectivity index (χ0) is 13.1. The number of nitrogens with one attached hydrogen (secondary N) is 2. The average Bonchev–Trinajstić information content (AvgIpc) is 2.89. The maximum atomic E-state index is 5.23. The first-order chi connectivity index (χ1) is 9.38. The first-order valence-electron chi connectivity index (χ1n) is 6.66. The summed E-state index contributed by atoms with van der Waals surface area (Å²) in [7, 11) is 1.63. The number of piperazine rings is 1. The van der Waals surface area contributed by atoms with Gasteiger partial charge in [-0.2, -0.15) is 4.98 Å². The molecule has 0 aromatic carbocycles. The molecule has 1 saturated heterocycles. The van der Waals surface area contributed by atoms with Crippen molar-refractivity contribution in [3.63, 3.8) is 0 Å². The van der Waals surface area contributed by atoms with Crippen LogP contribution in [0.3, 0.4) is 0 Å². The van der Waals surface area contributed by atoms with Crippen LogP contribution >= 0.6 is 0 Å². The van der Waals surface area contributed by atoms with E-state index >= 15 is 0 Å². The van der Waals surface area contributed by atoms with Crippen LogP contribution in [0.5, 0.6) is 5.88 Å². The van der Waals surface area contributed by atoms with Crippen molar-refractivity contribution in [2.24, 2.45) is 0 Å². The van der Waals surface area contributed by atoms with E-state index < -0.39 is 0 Å². The molecule has 19 heavy (non-hydrogen) atoms. The van der Waals surface area contributed by atoms with Gasteiger partial charge in [0.15, 0.2) is 0 Å². The van der Waals surface area contributed by atoms with E-state index in [1.807, 2.05) is 6.20 Å². The highest BCUT2D eigenvalue weighted by atomic mass is 16.5. The molecule has 0 unspecified atom stereocenters. The van der Waals surface area contributed by atoms with Crippen molar-refractivity contribution in [2.45, 2.75) is 6.42 Å². The number of aromatic nitrogens is 3. The second-order valence-corrected chi connectivity index (χ2v) is 4.76. The normalized spacial score (nSPS) is 16.9. The highest BCUT2D eigenvalue weighted by molar-refractivity contribution is 5.82. The molecule has 0 atom stereocenters. The topological polar surface area (TPSA) is 66.1 Å². The number of fused-ring (bicyclic) bond motifs is 1. The first kappa shape index (κ1) is 12.4. The van der Waals surface area contributed by atoms with Gasteiger partial charge in [-0.15, -0.1) is 0 Å². The van der Waals surface area contributed by atoms with Crippen LogP contribution in [0.1, 0.15) is 5.56 Å². The largest absolute Gasteiger partial charge is 0.479 e. The summed E-state index contributed by atoms with van der Waals surface area (Å²) in [5.74, 6) is 0.610. The number of hydrogen-bond acceptors (Lipinski definition) is 5. The van der Waals surface area contributed by atoms with Crippen LogP contribution in [0, 0.1) is 0 Å². The molecule has 1 fully saturated rings. The van der Waals surface area contributed by atoms with E-state index in [0.717, 1.165) is 50.2 Å². The molecule has 1 aliphatic rings. The number of methoxy groups -OCH3 is 1. The Bertz CT molecular complexity index is 547. The number of ether oxygens (including phenoxy) is 1. The van der Waals surface area contributed by atoms with Crippen molar-refractivity contribution in [3.8, 4) is 5.88 Å². The van der Waals surface area contributed by atoms with Gasteiger partial charge in [0.25, 0.3) is 0 Å². The summed E-state index contributed by atoms with van der Waals surface area (Å²) in [6.45, 7) is 5.50. The summed E-state index contributed by atoms with van der Waals surface area (Å²) in [5.41, 5.74) is 3.09. The van der Waals surface area contributed by atoms with Crippen LogP contribution in [0.2, 0.25) is 0 Å². The van der Waals surface area contributed by atoms with Crippen molar-refractivity contribution in [2.75, 3.05) is 39.8 Å². The Hall–Kier alpha value is -1.66. The van der Waals surface area contributed by atoms with Gasteiger partial charge in [-0.05, 0) is 12.0 Å². The van der Waals surface area contributed by atoms with Crippen LogP contribution in [0.15, 0.2) is 12.5 Å². The molecule has 102 valence electrons. The van der Waals surface area contributed by atoms with E-state index in [4.69, 9.17) is 4.74 Å². The van der Waals surface area contributed by atoms with Gasteiger partial charge in [-0.1, -0.05) is 0 Å². The molecule has 3 heterocycles. The summed E-state index contributed by atoms with van der Waals surface area (Å²) in [6.07, 6.45) is 4.58. The summed E-state index contributed by atoms with van der Waals surface area (Å²) in [5, 5.41) is 3.37. The highest BCUT2D eigenvalue weighted by Gasteiger charge is 2.13. The smallest absolute Gasteiger partial charge is 0.241 e. The number of hydrogen-bond donors (Lipinski definition) is 2. The molecule has 3 rings (SSSR count). The molecule has 0 radical (unpaired) electrons. The Morgan fingerprint density at radius 1 is 1.32 bits per heavy atom. The zero-order valence-electron chi connectivity index (χ0n) is 11.1. The van der Waals surface area contributed by atoms with Crippen molar-refractivity contribution >= 4 is 11.0 Å². The minimum Gasteiger partial charge on any atom is -0.479 e. The Labute approximate surface area is 112 Å². The molecule has 2 aromatic heterocycles. The predicted octanol–water partition coefficient (Wildman–Crippen LogP) is 0.414. The molecule has 0 aliphatic carbocycles. The van der Waals surface area contributed by atoms with Crippen LogP contribution in [0.25, 0.3) is 11.0 Å². The molecule has 6 nitrogen and oxygen atoms in total. The first-order valence-corrected chi connectivity index (χ1v) is 6.66. The summed E-state index contributed by atoms with van der Waals surface area (Å²) >= 11 is 0. The predicted molar refractivity (Wildman–Crippen MR) is 73.5 cm³/mol. The number of rotatable bonds is 4. The second-order valence-electron chi connectivity index (χ2n) is 4.76. The lowest BCUT2D eigenvalue weighted by Gasteiger charge is -2.26. The lowest BCUT2D eigenvalue weighted by molar-refractivity contribution is 0.244. The molecule has 1 aliphatic heterocycles. The van der Waals surface area contributed by atoms with Crippen molar-refractivity contribution in [1.82, 2.24) is 25.2 Å². The van der Waals surface area contributed by atoms with Gasteiger partial charge in [-0.25, -0.2) is 4.98 Å². The standard InChI is InChI=1S/C13H19N5O/c1-19-13-12-11(16-9-17-13)10(8-15-12)2-5-18-6-3-14-4-7-18/h8-9,14-15H,2-7H2,1H3. The Morgan fingerprint density at radius 2 is 2.16 bits per heavy atom. The van der Waals surface area contributed by atoms with E-state index in [9.17, 15) is 0 Å². The minimum absolute atomic E-state index is 0.610. The van der Waals surface area contributed by atoms with Gasteiger partial charge in [0.05, 0.1) is 12.6 Å². The maximum absolute atomic E-state index is 5.23. The second kappa shape index (κ2) is 5.54. The van der Waals surface area contributed by atoms with E-state index in [-0.39, 0.29) is 0 Å². The van der Waals surface area contributed by atoms with E-state index in [1.165, 1.54) is 5.56 Å². The summed E-state index contributed by atoms with van der Waals surface area (Å²) in [4.78, 5) is 14.2. The fraction of sp³-hybridized carbons (Fsp3) is 0.538. The van der Waals surface area contributed by atoms with Crippen LogP contribution in [-0.4, -0.2) is 59.7 Å². The maximum Gasteiger partial charge on any atom is 0.241 e. The van der Waals surface area contributed by atoms with Gasteiger partial charge < -0.3 is 19.9 Å². The van der Waals surface area contributed by atoms with Gasteiger partial charge in [0.2, 0.25) is 5.88 Å². The monoisotopic (exact) mass is 261 g/mol. The quantitative estimate of drug-likeness (QED) is 0.834. The molecule has 2 aromatic rings. The Balaban J connectivity index is 1.74. The number of H-pyrrole nitrogens is 1. The van der Waals surface area contributed by atoms with Gasteiger partial charge in [0, 0.05) is 38.9 Å². The minimum atomic E-state index is 0.610. The average molecular weight is 261 g/mol. The summed E-state index contributed by atoms with van der Waals surface area (Å²) in [6, 6.07) is 0. The molecular weight excluding hydrogens is 242 g/mol. The molecule has 6 heteroatoms. The van der Waals surface area contributed by atoms with Crippen LogP contribution < -0.4 is 10.1 Å². The molecule has 0 bridgehead atoms. The van der Waals surface area contributed by atoms with Gasteiger partial charge >= 0.3 is 0 Å². The highest BCUT2D eigenvalue weighted by Crippen LogP contribution is 2.22. The number of aromatic amines is 1. The molecule has 0 saturated carbocycles. The third-order valence-electron chi connectivity index (χ3n) is 3.61. The number of nitrogens with zero attached hydrogens (tertiary/aromatic N) is 3. The Morgan fingerprint density at radius 3 is 2.95 bits per heavy atom. The zero-order valence-corrected chi connectivity index (χ0v) is 11.1. The van der Waals surface area contributed by atoms with Gasteiger partial charge in [-0.3, -0.25) is 0 Å². The Kier molecular flexibility index (Phi) is 3.61. The van der Waals surface area contributed by atoms with Crippen molar-refractivity contribution < 1.29 is 4.74 Å². The lowest BCUT2D eigenvalue weighted by Crippen LogP contribution is -2.44. The lowest BCUT2D eigenvalue weighted by atomic mass is 10.2. The SMILES string of the molecule is COc1ncnc2c(CCN3CCNCC3)c[nH]c12. The van der Waals surface area contributed by atoms with Crippen molar-refractivity contribution in [1.29, 1.82) is 0 Å². The fourth-order valence-corrected chi connectivity index (χ4v) is 2.53. The van der Waals surface area contributed by atoms with E-state index in [0.29, 0.717) is 5.88 Å². The third kappa shape index (κ3) is 2.54. The van der Waals surface area contributed by atoms with Gasteiger partial charge in [0.1, 0.15) is 11.8 Å². The third-order valence-corrected chi connectivity index (χ3v) is 3.61. The van der Waals surface area contributed by atoms with Crippen molar-refractivity contribution in [3.05, 3.63) is 18.1 Å². The fourth-order valence-electron chi connectivity index (χ4n) is 2.53. The molecule has 0 amide bonds. The summed E-state index contributed by atoms with van der Waals surface area (Å²) < 4.78 is 5.23.